The molecule has 0 bridgehead atoms. The molecule has 0 atom stereocenters. The van der Waals surface area contributed by atoms with Crippen LogP contribution in [0.25, 0.3) is 0 Å². The lowest BCUT2D eigenvalue weighted by Crippen LogP contribution is -2.11. The molecule has 0 fully saturated rings. The molecule has 0 unspecified atom stereocenters. The molecule has 1 rings (SSSR count). The van der Waals surface area contributed by atoms with Gasteiger partial charge in [0, 0.05) is 6.07 Å². The second-order valence-corrected chi connectivity index (χ2v) is 4.84. The highest BCUT2D eigenvalue weighted by molar-refractivity contribution is 7.92. The van der Waals surface area contributed by atoms with Crippen LogP contribution in [0.4, 0.5) is 17.1 Å². The second-order valence-electron chi connectivity index (χ2n) is 3.09. The van der Waals surface area contributed by atoms with Crippen molar-refractivity contribution < 1.29 is 18.3 Å². The smallest absolute Gasteiger partial charge is 0.277 e. The van der Waals surface area contributed by atoms with E-state index in [0.717, 1.165) is 18.4 Å². The molecule has 0 heterocycles. The van der Waals surface area contributed by atoms with Crippen LogP contribution >= 0.6 is 0 Å². The van der Waals surface area contributed by atoms with E-state index in [1.165, 1.54) is 0 Å². The van der Waals surface area contributed by atoms with Gasteiger partial charge in [0.2, 0.25) is 10.0 Å². The van der Waals surface area contributed by atoms with Crippen molar-refractivity contribution >= 4 is 27.1 Å². The molecule has 1 aromatic carbocycles. The maximum atomic E-state index is 10.9. The van der Waals surface area contributed by atoms with Crippen molar-refractivity contribution in [2.24, 2.45) is 0 Å². The molecule has 9 nitrogen and oxygen atoms in total. The molecule has 0 aromatic heterocycles. The van der Waals surface area contributed by atoms with Crippen LogP contribution in [0, 0.1) is 20.2 Å². The zero-order chi connectivity index (χ0) is 13.2. The van der Waals surface area contributed by atoms with Gasteiger partial charge >= 0.3 is 0 Å². The Bertz CT molecular complexity index is 581. The zero-order valence-corrected chi connectivity index (χ0v) is 9.30. The number of benzene rings is 1. The van der Waals surface area contributed by atoms with Gasteiger partial charge in [0.05, 0.1) is 22.2 Å². The Balaban J connectivity index is 3.32. The Kier molecular flexibility index (Phi) is 3.27. The number of nitro benzene ring substituents is 2. The molecule has 0 radical (unpaired) electrons. The minimum Gasteiger partial charge on any atom is -0.277 e. The predicted octanol–water partition coefficient (Wildman–Crippen LogP) is 0.874. The van der Waals surface area contributed by atoms with E-state index in [1.807, 2.05) is 4.72 Å². The summed E-state index contributed by atoms with van der Waals surface area (Å²) in [6, 6.07) is 2.63. The second kappa shape index (κ2) is 4.33. The number of nitrogens with one attached hydrogen (secondary N) is 1. The molecule has 0 aliphatic rings. The van der Waals surface area contributed by atoms with Gasteiger partial charge in [-0.15, -0.1) is 0 Å². The van der Waals surface area contributed by atoms with Crippen LogP contribution in [-0.2, 0) is 10.0 Å². The SMILES string of the molecule is CS(=O)(=O)Nc1ccc([N+](=O)[O-])cc1[N+](=O)[O-]. The molecule has 0 aliphatic heterocycles. The normalized spacial score (nSPS) is 10.9. The number of rotatable bonds is 4. The molecule has 1 N–H and O–H groups in total. The number of sulfonamides is 1. The number of anilines is 1. The predicted molar refractivity (Wildman–Crippen MR) is 58.2 cm³/mol. The quantitative estimate of drug-likeness (QED) is 0.631. The Hall–Kier alpha value is -2.23. The number of nitrogens with zero attached hydrogens (tertiary/aromatic N) is 2. The van der Waals surface area contributed by atoms with Gasteiger partial charge < -0.3 is 0 Å². The van der Waals surface area contributed by atoms with Crippen LogP contribution < -0.4 is 4.72 Å². The van der Waals surface area contributed by atoms with Crippen molar-refractivity contribution in [3.63, 3.8) is 0 Å². The van der Waals surface area contributed by atoms with E-state index >= 15 is 0 Å². The fourth-order valence-corrected chi connectivity index (χ4v) is 1.64. The van der Waals surface area contributed by atoms with Gasteiger partial charge in [-0.1, -0.05) is 0 Å². The van der Waals surface area contributed by atoms with Gasteiger partial charge in [-0.3, -0.25) is 25.0 Å². The number of hydrogen-bond acceptors (Lipinski definition) is 6. The van der Waals surface area contributed by atoms with Crippen LogP contribution in [0.15, 0.2) is 18.2 Å². The van der Waals surface area contributed by atoms with Crippen LogP contribution in [0.2, 0.25) is 0 Å². The number of hydrogen-bond donors (Lipinski definition) is 1. The van der Waals surface area contributed by atoms with Gasteiger partial charge in [-0.2, -0.15) is 0 Å². The average Bonchev–Trinajstić information content (AvgIpc) is 2.14. The lowest BCUT2D eigenvalue weighted by atomic mass is 10.2. The molecule has 0 amide bonds. The van der Waals surface area contributed by atoms with E-state index < -0.39 is 31.2 Å². The monoisotopic (exact) mass is 261 g/mol. The minimum atomic E-state index is -3.69. The molecule has 92 valence electrons. The molecular weight excluding hydrogens is 254 g/mol. The van der Waals surface area contributed by atoms with Gasteiger partial charge in [-0.25, -0.2) is 8.42 Å². The van der Waals surface area contributed by atoms with E-state index in [1.54, 1.807) is 0 Å². The zero-order valence-electron chi connectivity index (χ0n) is 8.48. The standard InChI is InChI=1S/C7H7N3O6S/c1-17(15,16)8-6-3-2-5(9(11)12)4-7(6)10(13)14/h2-4,8H,1H3. The number of non-ortho nitro benzene ring substituents is 1. The molecule has 0 saturated carbocycles. The third kappa shape index (κ3) is 3.38. The van der Waals surface area contributed by atoms with E-state index in [0.29, 0.717) is 6.07 Å². The van der Waals surface area contributed by atoms with Crippen molar-refractivity contribution in [1.82, 2.24) is 0 Å². The largest absolute Gasteiger partial charge is 0.300 e. The summed E-state index contributed by atoms with van der Waals surface area (Å²) in [5.41, 5.74) is -1.48. The summed E-state index contributed by atoms with van der Waals surface area (Å²) in [5, 5.41) is 21.0. The molecule has 1 aromatic rings. The van der Waals surface area contributed by atoms with Gasteiger partial charge in [0.1, 0.15) is 5.69 Å². The summed E-state index contributed by atoms with van der Waals surface area (Å²) >= 11 is 0. The highest BCUT2D eigenvalue weighted by atomic mass is 32.2. The lowest BCUT2D eigenvalue weighted by molar-refractivity contribution is -0.393. The first-order valence-electron chi connectivity index (χ1n) is 4.11. The Morgan fingerprint density at radius 2 is 1.76 bits per heavy atom. The van der Waals surface area contributed by atoms with Crippen molar-refractivity contribution in [2.75, 3.05) is 11.0 Å². The fraction of sp³-hybridized carbons (Fsp3) is 0.143. The maximum Gasteiger partial charge on any atom is 0.300 e. The van der Waals surface area contributed by atoms with Crippen molar-refractivity contribution in [1.29, 1.82) is 0 Å². The third-order valence-electron chi connectivity index (χ3n) is 1.68. The van der Waals surface area contributed by atoms with Crippen molar-refractivity contribution in [2.45, 2.75) is 0 Å². The Labute approximate surface area is 95.4 Å². The maximum absolute atomic E-state index is 10.9. The van der Waals surface area contributed by atoms with Gasteiger partial charge in [0.15, 0.2) is 0 Å². The molecule has 17 heavy (non-hydrogen) atoms. The van der Waals surface area contributed by atoms with Gasteiger partial charge in [-0.05, 0) is 6.07 Å². The van der Waals surface area contributed by atoms with E-state index in [9.17, 15) is 28.6 Å². The minimum absolute atomic E-state index is 0.317. The molecule has 0 saturated heterocycles. The summed E-state index contributed by atoms with van der Waals surface area (Å²) in [6.45, 7) is 0. The van der Waals surface area contributed by atoms with Crippen LogP contribution in [-0.4, -0.2) is 24.5 Å². The van der Waals surface area contributed by atoms with Crippen molar-refractivity contribution in [3.05, 3.63) is 38.4 Å². The van der Waals surface area contributed by atoms with Crippen LogP contribution in [0.5, 0.6) is 0 Å². The Morgan fingerprint density at radius 3 is 2.18 bits per heavy atom. The third-order valence-corrected chi connectivity index (χ3v) is 2.27. The average molecular weight is 261 g/mol. The molecule has 0 aliphatic carbocycles. The molecule has 0 spiro atoms. The lowest BCUT2D eigenvalue weighted by Gasteiger charge is -2.04. The van der Waals surface area contributed by atoms with E-state index in [4.69, 9.17) is 0 Å². The highest BCUT2D eigenvalue weighted by Crippen LogP contribution is 2.29. The van der Waals surface area contributed by atoms with Crippen molar-refractivity contribution in [3.8, 4) is 0 Å². The van der Waals surface area contributed by atoms with E-state index in [-0.39, 0.29) is 5.69 Å². The molecule has 10 heteroatoms. The summed E-state index contributed by atoms with van der Waals surface area (Å²) in [4.78, 5) is 19.3. The molecular formula is C7H7N3O6S. The van der Waals surface area contributed by atoms with Gasteiger partial charge in [0.25, 0.3) is 11.4 Å². The fourth-order valence-electron chi connectivity index (χ4n) is 1.07. The first kappa shape index (κ1) is 12.8. The van der Waals surface area contributed by atoms with Crippen LogP contribution in [0.1, 0.15) is 0 Å². The Morgan fingerprint density at radius 1 is 1.18 bits per heavy atom. The number of nitro groups is 2. The highest BCUT2D eigenvalue weighted by Gasteiger charge is 2.21. The van der Waals surface area contributed by atoms with Crippen LogP contribution in [0.3, 0.4) is 0 Å². The van der Waals surface area contributed by atoms with E-state index in [2.05, 4.69) is 0 Å². The summed E-state index contributed by atoms with van der Waals surface area (Å²) in [7, 11) is -3.69. The first-order valence-corrected chi connectivity index (χ1v) is 6.00. The summed E-state index contributed by atoms with van der Waals surface area (Å²) in [6.07, 6.45) is 0.818. The topological polar surface area (TPSA) is 132 Å². The first-order chi connectivity index (χ1) is 7.70. The summed E-state index contributed by atoms with van der Waals surface area (Å²) < 4.78 is 23.8. The summed E-state index contributed by atoms with van der Waals surface area (Å²) in [5.74, 6) is 0.